The van der Waals surface area contributed by atoms with Gasteiger partial charge in [0.25, 0.3) is 0 Å². The second-order valence-electron chi connectivity index (χ2n) is 5.13. The third-order valence-corrected chi connectivity index (χ3v) is 3.75. The van der Waals surface area contributed by atoms with Crippen molar-refractivity contribution in [3.05, 3.63) is 48.2 Å². The summed E-state index contributed by atoms with van der Waals surface area (Å²) >= 11 is 0. The first kappa shape index (κ1) is 12.0. The molecule has 3 aromatic rings. The minimum atomic E-state index is 0.714. The molecule has 2 aromatic heterocycles. The fourth-order valence-corrected chi connectivity index (χ4v) is 2.66. The van der Waals surface area contributed by atoms with Crippen LogP contribution in [-0.2, 0) is 6.42 Å². The molecule has 3 heterocycles. The van der Waals surface area contributed by atoms with Gasteiger partial charge in [-0.15, -0.1) is 5.10 Å². The van der Waals surface area contributed by atoms with Crippen LogP contribution in [0.1, 0.15) is 5.56 Å². The van der Waals surface area contributed by atoms with E-state index in [1.165, 1.54) is 5.56 Å². The topological polar surface area (TPSA) is 59.7 Å². The summed E-state index contributed by atoms with van der Waals surface area (Å²) in [6, 6.07) is 12.0. The Morgan fingerprint density at radius 2 is 2.00 bits per heavy atom. The Morgan fingerprint density at radius 1 is 1.14 bits per heavy atom. The van der Waals surface area contributed by atoms with Crippen molar-refractivity contribution in [2.75, 3.05) is 18.5 Å². The molecule has 1 aromatic carbocycles. The SMILES string of the molecule is CN1CCc2cc(-c3nnnn3-c3ccccc3)cnc21. The van der Waals surface area contributed by atoms with Crippen molar-refractivity contribution < 1.29 is 0 Å². The van der Waals surface area contributed by atoms with Crippen molar-refractivity contribution in [3.8, 4) is 17.1 Å². The minimum absolute atomic E-state index is 0.714. The van der Waals surface area contributed by atoms with Crippen molar-refractivity contribution in [1.29, 1.82) is 0 Å². The van der Waals surface area contributed by atoms with Gasteiger partial charge >= 0.3 is 0 Å². The summed E-state index contributed by atoms with van der Waals surface area (Å²) in [4.78, 5) is 6.71. The molecule has 0 saturated heterocycles. The van der Waals surface area contributed by atoms with Crippen LogP contribution in [0.3, 0.4) is 0 Å². The van der Waals surface area contributed by atoms with E-state index in [2.05, 4.69) is 38.5 Å². The van der Waals surface area contributed by atoms with Crippen molar-refractivity contribution in [3.63, 3.8) is 0 Å². The average Bonchev–Trinajstić information content (AvgIpc) is 3.15. The van der Waals surface area contributed by atoms with Crippen molar-refractivity contribution in [1.82, 2.24) is 25.2 Å². The highest BCUT2D eigenvalue weighted by Crippen LogP contribution is 2.28. The smallest absolute Gasteiger partial charge is 0.188 e. The van der Waals surface area contributed by atoms with E-state index in [-0.39, 0.29) is 0 Å². The summed E-state index contributed by atoms with van der Waals surface area (Å²) in [5.41, 5.74) is 3.13. The van der Waals surface area contributed by atoms with Gasteiger partial charge in [-0.05, 0) is 40.6 Å². The van der Waals surface area contributed by atoms with E-state index < -0.39 is 0 Å². The van der Waals surface area contributed by atoms with Crippen LogP contribution < -0.4 is 4.90 Å². The average molecular weight is 278 g/mol. The van der Waals surface area contributed by atoms with E-state index in [1.54, 1.807) is 4.68 Å². The number of benzene rings is 1. The zero-order valence-corrected chi connectivity index (χ0v) is 11.6. The second kappa shape index (κ2) is 4.66. The number of pyridine rings is 1. The number of anilines is 1. The molecule has 104 valence electrons. The first-order chi connectivity index (χ1) is 10.3. The van der Waals surface area contributed by atoms with Crippen LogP contribution in [0.4, 0.5) is 5.82 Å². The number of para-hydroxylation sites is 1. The maximum Gasteiger partial charge on any atom is 0.188 e. The molecule has 0 amide bonds. The Bertz CT molecular complexity index is 780. The molecule has 0 atom stereocenters. The van der Waals surface area contributed by atoms with Crippen LogP contribution in [0, 0.1) is 0 Å². The van der Waals surface area contributed by atoms with Crippen molar-refractivity contribution >= 4 is 5.82 Å². The molecule has 0 aliphatic carbocycles. The summed E-state index contributed by atoms with van der Waals surface area (Å²) in [5.74, 6) is 1.77. The number of fused-ring (bicyclic) bond motifs is 1. The van der Waals surface area contributed by atoms with E-state index in [1.807, 2.05) is 36.5 Å². The Kier molecular flexibility index (Phi) is 2.67. The molecule has 0 radical (unpaired) electrons. The van der Waals surface area contributed by atoms with E-state index in [0.717, 1.165) is 30.0 Å². The maximum absolute atomic E-state index is 4.55. The van der Waals surface area contributed by atoms with E-state index >= 15 is 0 Å². The molecule has 1 aliphatic heterocycles. The molecule has 0 fully saturated rings. The molecule has 1 aliphatic rings. The molecule has 0 spiro atoms. The molecule has 0 unspecified atom stereocenters. The van der Waals surface area contributed by atoms with Crippen LogP contribution >= 0.6 is 0 Å². The second-order valence-corrected chi connectivity index (χ2v) is 5.13. The Labute approximate surface area is 122 Å². The monoisotopic (exact) mass is 278 g/mol. The first-order valence-corrected chi connectivity index (χ1v) is 6.87. The third kappa shape index (κ3) is 1.96. The molecule has 6 nitrogen and oxygen atoms in total. The largest absolute Gasteiger partial charge is 0.359 e. The number of hydrogen-bond donors (Lipinski definition) is 0. The summed E-state index contributed by atoms with van der Waals surface area (Å²) in [5, 5.41) is 12.1. The van der Waals surface area contributed by atoms with E-state index in [4.69, 9.17) is 0 Å². The third-order valence-electron chi connectivity index (χ3n) is 3.75. The number of tetrazole rings is 1. The van der Waals surface area contributed by atoms with Gasteiger partial charge in [-0.3, -0.25) is 0 Å². The van der Waals surface area contributed by atoms with Crippen LogP contribution in [0.25, 0.3) is 17.1 Å². The molecule has 6 heteroatoms. The standard InChI is InChI=1S/C15H14N6/c1-20-8-7-11-9-12(10-16-14(11)20)15-17-18-19-21(15)13-5-3-2-4-6-13/h2-6,9-10H,7-8H2,1H3. The number of likely N-dealkylation sites (N-methyl/N-ethyl adjacent to an activating group) is 1. The van der Waals surface area contributed by atoms with Crippen LogP contribution in [0.15, 0.2) is 42.6 Å². The fourth-order valence-electron chi connectivity index (χ4n) is 2.66. The molecule has 4 rings (SSSR count). The Hall–Kier alpha value is -2.76. The Morgan fingerprint density at radius 3 is 2.86 bits per heavy atom. The zero-order valence-electron chi connectivity index (χ0n) is 11.6. The first-order valence-electron chi connectivity index (χ1n) is 6.87. The molecule has 21 heavy (non-hydrogen) atoms. The van der Waals surface area contributed by atoms with E-state index in [0.29, 0.717) is 5.82 Å². The molecular weight excluding hydrogens is 264 g/mol. The summed E-state index contributed by atoms with van der Waals surface area (Å²) < 4.78 is 1.74. The quantitative estimate of drug-likeness (QED) is 0.714. The fraction of sp³-hybridized carbons (Fsp3) is 0.200. The molecule has 0 N–H and O–H groups in total. The molecule has 0 saturated carbocycles. The summed E-state index contributed by atoms with van der Waals surface area (Å²) in [6.45, 7) is 1.01. The van der Waals surface area contributed by atoms with Gasteiger partial charge in [0.05, 0.1) is 5.69 Å². The van der Waals surface area contributed by atoms with Crippen molar-refractivity contribution in [2.24, 2.45) is 0 Å². The van der Waals surface area contributed by atoms with E-state index in [9.17, 15) is 0 Å². The van der Waals surface area contributed by atoms with Crippen molar-refractivity contribution in [2.45, 2.75) is 6.42 Å². The van der Waals surface area contributed by atoms with Crippen LogP contribution in [0.5, 0.6) is 0 Å². The summed E-state index contributed by atoms with van der Waals surface area (Å²) in [7, 11) is 2.06. The van der Waals surface area contributed by atoms with Gasteiger partial charge in [0.2, 0.25) is 0 Å². The van der Waals surface area contributed by atoms with Gasteiger partial charge in [0.1, 0.15) is 5.82 Å². The highest BCUT2D eigenvalue weighted by molar-refractivity contribution is 5.63. The number of rotatable bonds is 2. The lowest BCUT2D eigenvalue weighted by atomic mass is 10.1. The lowest BCUT2D eigenvalue weighted by Crippen LogP contribution is -2.13. The summed E-state index contributed by atoms with van der Waals surface area (Å²) in [6.07, 6.45) is 2.85. The number of aromatic nitrogens is 5. The molecular formula is C15H14N6. The predicted octanol–water partition coefficient (Wildman–Crippen LogP) is 1.72. The lowest BCUT2D eigenvalue weighted by molar-refractivity contribution is 0.791. The van der Waals surface area contributed by atoms with Gasteiger partial charge in [0, 0.05) is 25.4 Å². The predicted molar refractivity (Wildman–Crippen MR) is 79.4 cm³/mol. The zero-order chi connectivity index (χ0) is 14.2. The van der Waals surface area contributed by atoms with Crippen LogP contribution in [-0.4, -0.2) is 38.8 Å². The maximum atomic E-state index is 4.55. The lowest BCUT2D eigenvalue weighted by Gasteiger charge is -2.10. The highest BCUT2D eigenvalue weighted by atomic mass is 15.5. The number of nitrogens with zero attached hydrogens (tertiary/aromatic N) is 6. The minimum Gasteiger partial charge on any atom is -0.359 e. The van der Waals surface area contributed by atoms with Gasteiger partial charge in [-0.2, -0.15) is 4.68 Å². The van der Waals surface area contributed by atoms with Crippen LogP contribution in [0.2, 0.25) is 0 Å². The molecule has 0 bridgehead atoms. The van der Waals surface area contributed by atoms with Gasteiger partial charge in [-0.25, -0.2) is 4.98 Å². The van der Waals surface area contributed by atoms with Gasteiger partial charge in [-0.1, -0.05) is 18.2 Å². The normalized spacial score (nSPS) is 13.5. The van der Waals surface area contributed by atoms with Gasteiger partial charge < -0.3 is 4.90 Å². The Balaban J connectivity index is 1.81. The van der Waals surface area contributed by atoms with Gasteiger partial charge in [0.15, 0.2) is 5.82 Å². The number of hydrogen-bond acceptors (Lipinski definition) is 5. The highest BCUT2D eigenvalue weighted by Gasteiger charge is 2.19.